The molecule has 1 aliphatic rings. The quantitative estimate of drug-likeness (QED) is 0.130. The highest BCUT2D eigenvalue weighted by molar-refractivity contribution is 5.96. The molecule has 39 heavy (non-hydrogen) atoms. The maximum atomic E-state index is 13.3. The van der Waals surface area contributed by atoms with Crippen molar-refractivity contribution in [2.45, 2.75) is 42.8 Å². The minimum Gasteiger partial charge on any atom is -0.460 e. The van der Waals surface area contributed by atoms with Crippen LogP contribution >= 0.6 is 0 Å². The average Bonchev–Trinajstić information content (AvgIpc) is 2.94. The second-order valence-electron chi connectivity index (χ2n) is 9.57. The average molecular weight is 553 g/mol. The number of amides is 1. The number of hydrogen-bond donors (Lipinski definition) is 9. The lowest BCUT2D eigenvalue weighted by Gasteiger charge is -2.45. The lowest BCUT2D eigenvalue weighted by Crippen LogP contribution is -2.72. The van der Waals surface area contributed by atoms with Crippen molar-refractivity contribution in [2.24, 2.45) is 5.73 Å². The summed E-state index contributed by atoms with van der Waals surface area (Å²) in [6.07, 6.45) is -6.32. The van der Waals surface area contributed by atoms with Gasteiger partial charge in [-0.05, 0) is 47.9 Å². The van der Waals surface area contributed by atoms with Gasteiger partial charge in [-0.15, -0.1) is 0 Å². The summed E-state index contributed by atoms with van der Waals surface area (Å²) >= 11 is 0. The molecule has 10 N–H and O–H groups in total. The first-order valence-corrected chi connectivity index (χ1v) is 12.3. The van der Waals surface area contributed by atoms with Crippen molar-refractivity contribution in [1.29, 1.82) is 0 Å². The van der Waals surface area contributed by atoms with E-state index in [0.29, 0.717) is 16.7 Å². The van der Waals surface area contributed by atoms with Gasteiger partial charge in [0.15, 0.2) is 0 Å². The molecule has 1 aliphatic heterocycles. The zero-order valence-electron chi connectivity index (χ0n) is 21.4. The molecule has 0 saturated carbocycles. The maximum Gasteiger partial charge on any atom is 0.254 e. The van der Waals surface area contributed by atoms with E-state index in [9.17, 15) is 45.6 Å². The molecule has 1 amide bonds. The first-order valence-electron chi connectivity index (χ1n) is 12.3. The highest BCUT2D eigenvalue weighted by atomic mass is 16.7. The fourth-order valence-electron chi connectivity index (χ4n) is 4.36. The highest BCUT2D eigenvalue weighted by Crippen LogP contribution is 2.32. The molecule has 0 unspecified atom stereocenters. The summed E-state index contributed by atoms with van der Waals surface area (Å²) in [5.74, 6) is -0.386. The van der Waals surface area contributed by atoms with Crippen molar-refractivity contribution < 1.29 is 55.1 Å². The molecule has 0 bridgehead atoms. The van der Waals surface area contributed by atoms with Gasteiger partial charge in [0, 0.05) is 12.1 Å². The Kier molecular flexibility index (Phi) is 10.0. The van der Waals surface area contributed by atoms with Crippen LogP contribution in [0, 0.1) is 6.92 Å². The summed E-state index contributed by atoms with van der Waals surface area (Å²) in [7, 11) is 0. The first-order chi connectivity index (χ1) is 18.5. The molecule has 0 aliphatic carbocycles. The van der Waals surface area contributed by atoms with Crippen LogP contribution in [-0.4, -0.2) is 127 Å². The monoisotopic (exact) mass is 552 g/mol. The Morgan fingerprint density at radius 1 is 1.05 bits per heavy atom. The summed E-state index contributed by atoms with van der Waals surface area (Å²) in [5.41, 5.74) is 3.64. The molecule has 216 valence electrons. The van der Waals surface area contributed by atoms with Gasteiger partial charge in [0.25, 0.3) is 5.91 Å². The molecule has 2 aromatic carbocycles. The number of rotatable bonds is 11. The number of β-amino-alcohol motifs (C(OH)–C–C–N with tert-alkyl or cyclic N) is 1. The van der Waals surface area contributed by atoms with Crippen LogP contribution in [0.2, 0.25) is 0 Å². The van der Waals surface area contributed by atoms with Gasteiger partial charge in [0.05, 0.1) is 33.0 Å². The number of carbonyl (C=O) groups is 1. The molecule has 1 heterocycles. The van der Waals surface area contributed by atoms with Gasteiger partial charge < -0.3 is 55.2 Å². The second kappa shape index (κ2) is 12.7. The van der Waals surface area contributed by atoms with Gasteiger partial charge in [-0.3, -0.25) is 10.5 Å². The van der Waals surface area contributed by atoms with Gasteiger partial charge in [-0.25, -0.2) is 0 Å². The Hall–Kier alpha value is -2.69. The molecule has 3 rings (SSSR count). The molecular formula is C26H36N2O11. The molecule has 13 nitrogen and oxygen atoms in total. The molecule has 0 spiro atoms. The lowest BCUT2D eigenvalue weighted by molar-refractivity contribution is -0.319. The molecule has 0 aromatic heterocycles. The molecular weight excluding hydrogens is 516 g/mol. The molecule has 1 fully saturated rings. The number of carbonyl (C=O) groups excluding carboxylic acids is 1. The number of benzene rings is 2. The van der Waals surface area contributed by atoms with Crippen LogP contribution in [0.15, 0.2) is 42.5 Å². The molecule has 1 saturated heterocycles. The molecule has 5 atom stereocenters. The first kappa shape index (κ1) is 30.8. The van der Waals surface area contributed by atoms with E-state index in [-0.39, 0.29) is 17.9 Å². The van der Waals surface area contributed by atoms with E-state index >= 15 is 0 Å². The van der Waals surface area contributed by atoms with Crippen LogP contribution in [0.3, 0.4) is 0 Å². The van der Waals surface area contributed by atoms with E-state index < -0.39 is 74.8 Å². The summed E-state index contributed by atoms with van der Waals surface area (Å²) in [4.78, 5) is 14.3. The smallest absolute Gasteiger partial charge is 0.254 e. The van der Waals surface area contributed by atoms with Crippen LogP contribution in [0.1, 0.15) is 15.9 Å². The van der Waals surface area contributed by atoms with Crippen LogP contribution in [-0.2, 0) is 4.74 Å². The number of hydrogen-bond acceptors (Lipinski definition) is 12. The van der Waals surface area contributed by atoms with Crippen molar-refractivity contribution in [3.05, 3.63) is 53.6 Å². The zero-order chi connectivity index (χ0) is 29.0. The number of aliphatic hydroxyl groups is 8. The number of aryl methyl sites for hydroxylation is 1. The standard InChI is InChI=1S/C26H36N2O11/c1-15-9-17(5-6-19(15)38-24-26(27,37)22(35)21(34)20(11-30)39-24)16-3-2-4-18(10-16)23(36)28(7-8-29)25(12-31,13-32)14-33/h2-6,9-10,20-22,24,29-35,37H,7-8,11-14,27H2,1H3/t20-,21-,22+,24+,26+/m1/s1. The van der Waals surface area contributed by atoms with Crippen molar-refractivity contribution in [1.82, 2.24) is 4.90 Å². The third-order valence-corrected chi connectivity index (χ3v) is 6.91. The third-order valence-electron chi connectivity index (χ3n) is 6.91. The minimum atomic E-state index is -2.47. The second-order valence-corrected chi connectivity index (χ2v) is 9.57. The van der Waals surface area contributed by atoms with Crippen molar-refractivity contribution >= 4 is 5.91 Å². The summed E-state index contributed by atoms with van der Waals surface area (Å²) in [6.45, 7) is -1.78. The Balaban J connectivity index is 1.88. The zero-order valence-corrected chi connectivity index (χ0v) is 21.4. The predicted molar refractivity (Wildman–Crippen MR) is 136 cm³/mol. The van der Waals surface area contributed by atoms with E-state index in [4.69, 9.17) is 15.2 Å². The van der Waals surface area contributed by atoms with E-state index in [0.717, 1.165) is 4.90 Å². The van der Waals surface area contributed by atoms with E-state index in [1.54, 1.807) is 43.3 Å². The summed E-state index contributed by atoms with van der Waals surface area (Å²) < 4.78 is 11.1. The Bertz CT molecular complexity index is 1120. The van der Waals surface area contributed by atoms with Crippen molar-refractivity contribution in [2.75, 3.05) is 39.6 Å². The van der Waals surface area contributed by atoms with Gasteiger partial charge >= 0.3 is 0 Å². The van der Waals surface area contributed by atoms with E-state index in [1.807, 2.05) is 0 Å². The Morgan fingerprint density at radius 2 is 1.69 bits per heavy atom. The Labute approximate surface area is 224 Å². The van der Waals surface area contributed by atoms with E-state index in [1.165, 1.54) is 6.07 Å². The minimum absolute atomic E-state index is 0.185. The fraction of sp³-hybridized carbons (Fsp3) is 0.500. The largest absolute Gasteiger partial charge is 0.460 e. The Morgan fingerprint density at radius 3 is 2.26 bits per heavy atom. The van der Waals surface area contributed by atoms with Crippen LogP contribution in [0.4, 0.5) is 0 Å². The van der Waals surface area contributed by atoms with Gasteiger partial charge in [0.1, 0.15) is 29.6 Å². The van der Waals surface area contributed by atoms with Crippen LogP contribution in [0.5, 0.6) is 5.75 Å². The van der Waals surface area contributed by atoms with Crippen molar-refractivity contribution in [3.8, 4) is 16.9 Å². The normalized spacial score (nSPS) is 25.4. The van der Waals surface area contributed by atoms with Gasteiger partial charge in [-0.1, -0.05) is 18.2 Å². The predicted octanol–water partition coefficient (Wildman–Crippen LogP) is -2.72. The number of nitrogens with zero attached hydrogens (tertiary/aromatic N) is 1. The SMILES string of the molecule is Cc1cc(-c2cccc(C(=O)N(CCO)C(CO)(CO)CO)c2)ccc1O[C@H]1O[C@H](CO)[C@@H](O)[C@H](O)[C@]1(N)O. The van der Waals surface area contributed by atoms with Gasteiger partial charge in [-0.2, -0.15) is 0 Å². The third kappa shape index (κ3) is 6.07. The van der Waals surface area contributed by atoms with Crippen molar-refractivity contribution in [3.63, 3.8) is 0 Å². The van der Waals surface area contributed by atoms with Crippen LogP contribution in [0.25, 0.3) is 11.1 Å². The summed E-state index contributed by atoms with van der Waals surface area (Å²) in [5, 5.41) is 78.9. The topological polar surface area (TPSA) is 227 Å². The molecule has 13 heteroatoms. The summed E-state index contributed by atoms with van der Waals surface area (Å²) in [6, 6.07) is 11.4. The lowest BCUT2D eigenvalue weighted by atomic mass is 9.94. The maximum absolute atomic E-state index is 13.3. The number of ether oxygens (including phenoxy) is 2. The van der Waals surface area contributed by atoms with E-state index in [2.05, 4.69) is 0 Å². The highest BCUT2D eigenvalue weighted by Gasteiger charge is 2.54. The number of aliphatic hydroxyl groups excluding tert-OH is 7. The van der Waals surface area contributed by atoms with Gasteiger partial charge in [0.2, 0.25) is 12.0 Å². The molecule has 0 radical (unpaired) electrons. The van der Waals surface area contributed by atoms with Crippen LogP contribution < -0.4 is 10.5 Å². The number of nitrogens with two attached hydrogens (primary N) is 1. The fourth-order valence-corrected chi connectivity index (χ4v) is 4.36. The molecule has 2 aromatic rings.